The second-order valence-electron chi connectivity index (χ2n) is 8.62. The third-order valence-corrected chi connectivity index (χ3v) is 8.23. The summed E-state index contributed by atoms with van der Waals surface area (Å²) in [7, 11) is 0. The van der Waals surface area contributed by atoms with Crippen molar-refractivity contribution >= 4 is 68.2 Å². The van der Waals surface area contributed by atoms with Crippen LogP contribution in [0.4, 0.5) is 5.69 Å². The maximum Gasteiger partial charge on any atom is 0.241 e. The first-order valence-corrected chi connectivity index (χ1v) is 12.3. The highest BCUT2D eigenvalue weighted by atomic mass is 79.9. The average Bonchev–Trinajstić information content (AvgIpc) is 3.42. The Bertz CT molecular complexity index is 1440. The number of hydrogen-bond acceptors (Lipinski definition) is 5. The minimum Gasteiger partial charge on any atom is -0.349 e. The lowest BCUT2D eigenvalue weighted by atomic mass is 9.77. The Hall–Kier alpha value is -2.84. The summed E-state index contributed by atoms with van der Waals surface area (Å²) in [5.41, 5.74) is -1.13. The van der Waals surface area contributed by atoms with E-state index < -0.39 is 46.9 Å². The minimum absolute atomic E-state index is 0.0263. The van der Waals surface area contributed by atoms with Gasteiger partial charge in [0.1, 0.15) is 0 Å². The Kier molecular flexibility index (Phi) is 5.06. The Labute approximate surface area is 217 Å². The summed E-state index contributed by atoms with van der Waals surface area (Å²) in [5, 5.41) is 0.191. The summed E-state index contributed by atoms with van der Waals surface area (Å²) < 4.78 is 7.05. The zero-order chi connectivity index (χ0) is 24.6. The number of rotatable bonds is 2. The molecule has 3 atom stereocenters. The maximum atomic E-state index is 13.9. The lowest BCUT2D eigenvalue weighted by Crippen LogP contribution is -2.51. The molecule has 6 rings (SSSR count). The van der Waals surface area contributed by atoms with Crippen LogP contribution in [-0.2, 0) is 14.3 Å². The molecule has 9 heteroatoms. The molecule has 0 N–H and O–H groups in total. The van der Waals surface area contributed by atoms with Crippen molar-refractivity contribution in [3.8, 4) is 0 Å². The number of Topliss-reactive ketones (excluding diaryl/α,β-unsaturated/α-hetero) is 2. The molecule has 2 saturated heterocycles. The van der Waals surface area contributed by atoms with Crippen LogP contribution >= 0.6 is 39.1 Å². The molecule has 0 bridgehead atoms. The number of imide groups is 1. The van der Waals surface area contributed by atoms with Gasteiger partial charge in [0.05, 0.1) is 33.7 Å². The number of carbonyl (C=O) groups excluding carboxylic acids is 4. The van der Waals surface area contributed by atoms with E-state index in [1.807, 2.05) is 0 Å². The average molecular weight is 571 g/mol. The van der Waals surface area contributed by atoms with E-state index in [0.717, 1.165) is 9.37 Å². The first kappa shape index (κ1) is 22.6. The van der Waals surface area contributed by atoms with Crippen molar-refractivity contribution in [2.45, 2.75) is 11.7 Å². The van der Waals surface area contributed by atoms with E-state index in [1.54, 1.807) is 42.5 Å². The normalized spacial score (nSPS) is 24.4. The molecule has 2 heterocycles. The van der Waals surface area contributed by atoms with Gasteiger partial charge >= 0.3 is 0 Å². The van der Waals surface area contributed by atoms with Crippen LogP contribution in [0.2, 0.25) is 10.0 Å². The minimum atomic E-state index is -2.14. The summed E-state index contributed by atoms with van der Waals surface area (Å²) >= 11 is 15.9. The number of benzene rings is 3. The van der Waals surface area contributed by atoms with Gasteiger partial charge < -0.3 is 4.74 Å². The number of carbonyl (C=O) groups is 4. The van der Waals surface area contributed by atoms with Gasteiger partial charge in [-0.15, -0.1) is 0 Å². The SMILES string of the molecule is O=C1[C@@H]2[C@H](c3ccc(Br)cc3)OC3(C(=O)c4ccccc4C3=O)[C@H]2C(=O)N1c1cccc(Cl)c1Cl. The lowest BCUT2D eigenvalue weighted by molar-refractivity contribution is -0.127. The van der Waals surface area contributed by atoms with Gasteiger partial charge in [-0.3, -0.25) is 19.2 Å². The Morgan fingerprint density at radius 1 is 0.800 bits per heavy atom. The maximum absolute atomic E-state index is 13.9. The van der Waals surface area contributed by atoms with Crippen molar-refractivity contribution in [1.29, 1.82) is 0 Å². The topological polar surface area (TPSA) is 80.8 Å². The molecule has 3 aromatic carbocycles. The van der Waals surface area contributed by atoms with Crippen LogP contribution in [0.5, 0.6) is 0 Å². The molecule has 2 fully saturated rings. The van der Waals surface area contributed by atoms with Crippen LogP contribution < -0.4 is 4.90 Å². The van der Waals surface area contributed by atoms with Crippen LogP contribution in [0.1, 0.15) is 32.4 Å². The molecule has 2 aliphatic heterocycles. The number of ketones is 2. The molecular formula is C26H14BrCl2NO5. The number of hydrogen-bond donors (Lipinski definition) is 0. The molecule has 3 aromatic rings. The van der Waals surface area contributed by atoms with E-state index in [4.69, 9.17) is 27.9 Å². The van der Waals surface area contributed by atoms with Crippen LogP contribution in [0.15, 0.2) is 71.2 Å². The third-order valence-electron chi connectivity index (χ3n) is 6.89. The highest BCUT2D eigenvalue weighted by Crippen LogP contribution is 2.58. The van der Waals surface area contributed by atoms with Crippen molar-refractivity contribution in [1.82, 2.24) is 0 Å². The second-order valence-corrected chi connectivity index (χ2v) is 10.3. The highest BCUT2D eigenvalue weighted by Gasteiger charge is 2.74. The van der Waals surface area contributed by atoms with E-state index in [2.05, 4.69) is 15.9 Å². The molecular weight excluding hydrogens is 557 g/mol. The Morgan fingerprint density at radius 2 is 1.43 bits per heavy atom. The Morgan fingerprint density at radius 3 is 2.06 bits per heavy atom. The van der Waals surface area contributed by atoms with Gasteiger partial charge in [-0.05, 0) is 29.8 Å². The first-order valence-electron chi connectivity index (χ1n) is 10.7. The molecule has 0 saturated carbocycles. The molecule has 1 aliphatic carbocycles. The van der Waals surface area contributed by atoms with Gasteiger partial charge in [-0.1, -0.05) is 81.6 Å². The lowest BCUT2D eigenvalue weighted by Gasteiger charge is -2.27. The Balaban J connectivity index is 1.56. The summed E-state index contributed by atoms with van der Waals surface area (Å²) in [6.07, 6.45) is -1.00. The second kappa shape index (κ2) is 7.83. The van der Waals surface area contributed by atoms with Crippen LogP contribution in [0, 0.1) is 11.8 Å². The smallest absolute Gasteiger partial charge is 0.241 e. The summed E-state index contributed by atoms with van der Waals surface area (Å²) in [5.74, 6) is -5.03. The number of nitrogens with zero attached hydrogens (tertiary/aromatic N) is 1. The molecule has 1 spiro atoms. The third kappa shape index (κ3) is 2.93. The largest absolute Gasteiger partial charge is 0.349 e. The fourth-order valence-corrected chi connectivity index (χ4v) is 6.02. The van der Waals surface area contributed by atoms with Crippen molar-refractivity contribution in [2.75, 3.05) is 4.90 Å². The van der Waals surface area contributed by atoms with Gasteiger partial charge in [-0.2, -0.15) is 0 Å². The molecule has 2 amide bonds. The van der Waals surface area contributed by atoms with E-state index in [1.165, 1.54) is 24.3 Å². The van der Waals surface area contributed by atoms with Crippen molar-refractivity contribution in [3.05, 3.63) is 97.9 Å². The van der Waals surface area contributed by atoms with Crippen molar-refractivity contribution in [3.63, 3.8) is 0 Å². The fraction of sp³-hybridized carbons (Fsp3) is 0.154. The zero-order valence-electron chi connectivity index (χ0n) is 17.7. The summed E-state index contributed by atoms with van der Waals surface area (Å²) in [4.78, 5) is 56.1. The molecule has 0 aromatic heterocycles. The molecule has 0 radical (unpaired) electrons. The first-order chi connectivity index (χ1) is 16.8. The fourth-order valence-electron chi connectivity index (χ4n) is 5.37. The van der Waals surface area contributed by atoms with Gasteiger partial charge in [0.25, 0.3) is 0 Å². The standard InChI is InChI=1S/C26H14BrCl2NO5/c27-13-10-8-12(9-11-13)21-18-19(25(34)30(24(18)33)17-7-3-6-16(28)20(17)29)26(35-21)22(31)14-4-1-2-5-15(14)23(26)32/h1-11,18-19,21H/t18-,19+,21-/m0/s1. The molecule has 0 unspecified atom stereocenters. The van der Waals surface area contributed by atoms with Gasteiger partial charge in [-0.25, -0.2) is 4.90 Å². The molecule has 3 aliphatic rings. The van der Waals surface area contributed by atoms with Crippen molar-refractivity contribution < 1.29 is 23.9 Å². The van der Waals surface area contributed by atoms with Crippen molar-refractivity contribution in [2.24, 2.45) is 11.8 Å². The van der Waals surface area contributed by atoms with Gasteiger partial charge in [0, 0.05) is 15.6 Å². The number of amides is 2. The molecule has 6 nitrogen and oxygen atoms in total. The summed E-state index contributed by atoms with van der Waals surface area (Å²) in [6, 6.07) is 17.9. The van der Waals surface area contributed by atoms with Gasteiger partial charge in [0.15, 0.2) is 0 Å². The van der Waals surface area contributed by atoms with E-state index in [9.17, 15) is 19.2 Å². The van der Waals surface area contributed by atoms with E-state index in [0.29, 0.717) is 5.56 Å². The van der Waals surface area contributed by atoms with E-state index in [-0.39, 0.29) is 26.9 Å². The van der Waals surface area contributed by atoms with E-state index >= 15 is 0 Å². The molecule has 35 heavy (non-hydrogen) atoms. The number of fused-ring (bicyclic) bond motifs is 3. The highest BCUT2D eigenvalue weighted by molar-refractivity contribution is 9.10. The van der Waals surface area contributed by atoms with Gasteiger partial charge in [0.2, 0.25) is 29.0 Å². The van der Waals surface area contributed by atoms with Crippen LogP contribution in [0.3, 0.4) is 0 Å². The number of ether oxygens (including phenoxy) is 1. The predicted octanol–water partition coefficient (Wildman–Crippen LogP) is 5.45. The monoisotopic (exact) mass is 569 g/mol. The molecule has 174 valence electrons. The number of anilines is 1. The van der Waals surface area contributed by atoms with Crippen LogP contribution in [0.25, 0.3) is 0 Å². The zero-order valence-corrected chi connectivity index (χ0v) is 20.8. The number of halogens is 3. The predicted molar refractivity (Wildman–Crippen MR) is 132 cm³/mol. The quantitative estimate of drug-likeness (QED) is 0.302. The summed E-state index contributed by atoms with van der Waals surface area (Å²) in [6.45, 7) is 0. The van der Waals surface area contributed by atoms with Crippen LogP contribution in [-0.4, -0.2) is 29.0 Å².